The molecule has 78 valence electrons. The normalized spacial score (nSPS) is 38.4. The Labute approximate surface area is 85.6 Å². The van der Waals surface area contributed by atoms with Gasteiger partial charge in [0.25, 0.3) is 0 Å². The SMILES string of the molecule is CS(=O)(=O)C1CC2(CCNC2)C1.Cl. The van der Waals surface area contributed by atoms with Gasteiger partial charge in [0.2, 0.25) is 0 Å². The molecule has 2 aliphatic rings. The highest BCUT2D eigenvalue weighted by Crippen LogP contribution is 2.48. The Morgan fingerprint density at radius 1 is 1.38 bits per heavy atom. The predicted molar refractivity (Wildman–Crippen MR) is 55.0 cm³/mol. The molecule has 0 bridgehead atoms. The Balaban J connectivity index is 0.000000845. The van der Waals surface area contributed by atoms with Crippen molar-refractivity contribution in [3.63, 3.8) is 0 Å². The van der Waals surface area contributed by atoms with Crippen molar-refractivity contribution in [2.45, 2.75) is 24.5 Å². The van der Waals surface area contributed by atoms with Gasteiger partial charge in [-0.25, -0.2) is 8.42 Å². The van der Waals surface area contributed by atoms with Gasteiger partial charge in [-0.15, -0.1) is 12.4 Å². The van der Waals surface area contributed by atoms with Gasteiger partial charge >= 0.3 is 0 Å². The molecule has 0 unspecified atom stereocenters. The van der Waals surface area contributed by atoms with Crippen molar-refractivity contribution in [3.05, 3.63) is 0 Å². The lowest BCUT2D eigenvalue weighted by molar-refractivity contribution is 0.167. The Morgan fingerprint density at radius 3 is 2.38 bits per heavy atom. The van der Waals surface area contributed by atoms with E-state index in [0.29, 0.717) is 5.41 Å². The third kappa shape index (κ3) is 2.00. The minimum Gasteiger partial charge on any atom is -0.316 e. The minimum atomic E-state index is -2.76. The van der Waals surface area contributed by atoms with Crippen molar-refractivity contribution < 1.29 is 8.42 Å². The van der Waals surface area contributed by atoms with E-state index in [-0.39, 0.29) is 17.7 Å². The van der Waals surface area contributed by atoms with E-state index in [1.165, 1.54) is 12.7 Å². The highest BCUT2D eigenvalue weighted by atomic mass is 35.5. The highest BCUT2D eigenvalue weighted by Gasteiger charge is 2.49. The van der Waals surface area contributed by atoms with Crippen molar-refractivity contribution in [1.82, 2.24) is 5.32 Å². The monoisotopic (exact) mass is 225 g/mol. The zero-order valence-electron chi connectivity index (χ0n) is 7.75. The molecule has 5 heteroatoms. The Kier molecular flexibility index (Phi) is 2.95. The molecule has 0 atom stereocenters. The fourth-order valence-corrected chi connectivity index (χ4v) is 3.67. The van der Waals surface area contributed by atoms with Crippen molar-refractivity contribution >= 4 is 22.2 Å². The van der Waals surface area contributed by atoms with E-state index >= 15 is 0 Å². The second-order valence-corrected chi connectivity index (χ2v) is 6.61. The van der Waals surface area contributed by atoms with Crippen LogP contribution in [0.15, 0.2) is 0 Å². The van der Waals surface area contributed by atoms with Gasteiger partial charge in [-0.3, -0.25) is 0 Å². The van der Waals surface area contributed by atoms with Crippen molar-refractivity contribution in [2.24, 2.45) is 5.41 Å². The maximum atomic E-state index is 11.1. The lowest BCUT2D eigenvalue weighted by Gasteiger charge is -2.43. The minimum absolute atomic E-state index is 0. The molecule has 1 spiro atoms. The summed E-state index contributed by atoms with van der Waals surface area (Å²) in [6, 6.07) is 0. The summed E-state index contributed by atoms with van der Waals surface area (Å²) in [6.07, 6.45) is 4.30. The Hall–Kier alpha value is 0.200. The fourth-order valence-electron chi connectivity index (χ4n) is 2.35. The van der Waals surface area contributed by atoms with E-state index in [0.717, 1.165) is 25.9 Å². The molecule has 2 fully saturated rings. The van der Waals surface area contributed by atoms with Gasteiger partial charge in [-0.05, 0) is 31.2 Å². The van der Waals surface area contributed by atoms with E-state index in [1.807, 2.05) is 0 Å². The van der Waals surface area contributed by atoms with Crippen LogP contribution in [0.1, 0.15) is 19.3 Å². The quantitative estimate of drug-likeness (QED) is 0.711. The second kappa shape index (κ2) is 3.41. The zero-order chi connectivity index (χ0) is 8.82. The highest BCUT2D eigenvalue weighted by molar-refractivity contribution is 7.91. The van der Waals surface area contributed by atoms with Gasteiger partial charge in [-0.2, -0.15) is 0 Å². The molecule has 0 aromatic heterocycles. The van der Waals surface area contributed by atoms with Gasteiger partial charge in [0.15, 0.2) is 0 Å². The summed E-state index contributed by atoms with van der Waals surface area (Å²) in [5, 5.41) is 3.25. The third-order valence-corrected chi connectivity index (χ3v) is 4.80. The molecule has 0 amide bonds. The van der Waals surface area contributed by atoms with E-state index in [4.69, 9.17) is 0 Å². The zero-order valence-corrected chi connectivity index (χ0v) is 9.38. The molecular formula is C8H16ClNO2S. The summed E-state index contributed by atoms with van der Waals surface area (Å²) in [5.74, 6) is 0. The van der Waals surface area contributed by atoms with Crippen molar-refractivity contribution in [3.8, 4) is 0 Å². The van der Waals surface area contributed by atoms with E-state index in [9.17, 15) is 8.42 Å². The van der Waals surface area contributed by atoms with Crippen LogP contribution in [0.4, 0.5) is 0 Å². The van der Waals surface area contributed by atoms with Crippen LogP contribution in [-0.2, 0) is 9.84 Å². The molecular weight excluding hydrogens is 210 g/mol. The van der Waals surface area contributed by atoms with Gasteiger partial charge in [0.1, 0.15) is 9.84 Å². The predicted octanol–water partition coefficient (Wildman–Crippen LogP) is 0.595. The van der Waals surface area contributed by atoms with Crippen LogP contribution >= 0.6 is 12.4 Å². The fraction of sp³-hybridized carbons (Fsp3) is 1.00. The summed E-state index contributed by atoms with van der Waals surface area (Å²) in [6.45, 7) is 2.09. The first-order chi connectivity index (χ1) is 5.52. The summed E-state index contributed by atoms with van der Waals surface area (Å²) in [7, 11) is -2.76. The lowest BCUT2D eigenvalue weighted by Crippen LogP contribution is -2.46. The van der Waals surface area contributed by atoms with Crippen LogP contribution in [0, 0.1) is 5.41 Å². The number of hydrogen-bond acceptors (Lipinski definition) is 3. The maximum absolute atomic E-state index is 11.1. The molecule has 1 N–H and O–H groups in total. The van der Waals surface area contributed by atoms with E-state index < -0.39 is 9.84 Å². The summed E-state index contributed by atoms with van der Waals surface area (Å²) >= 11 is 0. The van der Waals surface area contributed by atoms with Crippen LogP contribution < -0.4 is 5.32 Å². The van der Waals surface area contributed by atoms with Crippen LogP contribution in [-0.4, -0.2) is 33.0 Å². The number of rotatable bonds is 1. The molecule has 0 radical (unpaired) electrons. The molecule has 2 rings (SSSR count). The Bertz CT molecular complexity index is 275. The average molecular weight is 226 g/mol. The number of nitrogens with one attached hydrogen (secondary N) is 1. The van der Waals surface area contributed by atoms with Gasteiger partial charge in [0, 0.05) is 12.8 Å². The van der Waals surface area contributed by atoms with Gasteiger partial charge in [-0.1, -0.05) is 0 Å². The first-order valence-electron chi connectivity index (χ1n) is 4.42. The molecule has 0 aromatic carbocycles. The Morgan fingerprint density at radius 2 is 2.00 bits per heavy atom. The molecule has 0 aromatic rings. The summed E-state index contributed by atoms with van der Waals surface area (Å²) < 4.78 is 22.3. The number of sulfone groups is 1. The summed E-state index contributed by atoms with van der Waals surface area (Å²) in [5.41, 5.74) is 0.355. The molecule has 1 aliphatic heterocycles. The summed E-state index contributed by atoms with van der Waals surface area (Å²) in [4.78, 5) is 0. The van der Waals surface area contributed by atoms with Crippen molar-refractivity contribution in [2.75, 3.05) is 19.3 Å². The molecule has 1 aliphatic carbocycles. The van der Waals surface area contributed by atoms with Gasteiger partial charge < -0.3 is 5.32 Å². The number of hydrogen-bond donors (Lipinski definition) is 1. The second-order valence-electron chi connectivity index (χ2n) is 4.29. The lowest BCUT2D eigenvalue weighted by atomic mass is 9.68. The molecule has 1 saturated carbocycles. The smallest absolute Gasteiger partial charge is 0.150 e. The molecule has 3 nitrogen and oxygen atoms in total. The van der Waals surface area contributed by atoms with Crippen LogP contribution in [0.5, 0.6) is 0 Å². The largest absolute Gasteiger partial charge is 0.316 e. The molecule has 13 heavy (non-hydrogen) atoms. The molecule has 1 saturated heterocycles. The first kappa shape index (κ1) is 11.3. The van der Waals surface area contributed by atoms with Gasteiger partial charge in [0.05, 0.1) is 5.25 Å². The van der Waals surface area contributed by atoms with E-state index in [1.54, 1.807) is 0 Å². The third-order valence-electron chi connectivity index (χ3n) is 3.26. The van der Waals surface area contributed by atoms with E-state index in [2.05, 4.69) is 5.32 Å². The first-order valence-corrected chi connectivity index (χ1v) is 6.37. The van der Waals surface area contributed by atoms with Crippen molar-refractivity contribution in [1.29, 1.82) is 0 Å². The van der Waals surface area contributed by atoms with Crippen LogP contribution in [0.3, 0.4) is 0 Å². The standard InChI is InChI=1S/C8H15NO2S.ClH/c1-12(10,11)7-4-8(5-7)2-3-9-6-8;/h7,9H,2-6H2,1H3;1H. The van der Waals surface area contributed by atoms with Crippen LogP contribution in [0.2, 0.25) is 0 Å². The average Bonchev–Trinajstić information content (AvgIpc) is 2.27. The van der Waals surface area contributed by atoms with Crippen LogP contribution in [0.25, 0.3) is 0 Å². The maximum Gasteiger partial charge on any atom is 0.150 e. The number of halogens is 1. The molecule has 1 heterocycles. The topological polar surface area (TPSA) is 46.2 Å².